The number of rotatable bonds is 6. The third-order valence-electron chi connectivity index (χ3n) is 3.88. The lowest BCUT2D eigenvalue weighted by Crippen LogP contribution is -2.34. The predicted octanol–water partition coefficient (Wildman–Crippen LogP) is 4.40. The maximum Gasteiger partial charge on any atom is 0.303 e. The van der Waals surface area contributed by atoms with E-state index in [0.29, 0.717) is 6.04 Å². The van der Waals surface area contributed by atoms with Crippen LogP contribution in [0.4, 0.5) is 0 Å². The summed E-state index contributed by atoms with van der Waals surface area (Å²) in [6.45, 7) is 10.2. The number of allylic oxidation sites excluding steroid dienone is 4. The quantitative estimate of drug-likeness (QED) is 0.762. The number of carboxylic acid groups (broad SMARTS) is 1. The van der Waals surface area contributed by atoms with Crippen LogP contribution in [0.1, 0.15) is 53.9 Å². The maximum atomic E-state index is 11.0. The highest BCUT2D eigenvalue weighted by molar-refractivity contribution is 5.68. The first-order valence-corrected chi connectivity index (χ1v) is 8.65. The standard InChI is InChI=1S/C17H24N2O2.C2H6/c1-4-7-14(12(3)10-17(20)21)15-8-6-9-19-16(15)11-13(5-2)18-19;1-2/h6-9,11-13,18H,4-5,10H2,1-3H3,(H,20,21);1-2H3/b14-7+;. The first-order valence-electron chi connectivity index (χ1n) is 8.65. The van der Waals surface area contributed by atoms with Crippen LogP contribution in [0.2, 0.25) is 0 Å². The average Bonchev–Trinajstić information content (AvgIpc) is 2.97. The molecule has 0 fully saturated rings. The lowest BCUT2D eigenvalue weighted by Gasteiger charge is -2.27. The molecule has 0 amide bonds. The van der Waals surface area contributed by atoms with Crippen LogP contribution < -0.4 is 5.43 Å². The van der Waals surface area contributed by atoms with E-state index in [2.05, 4.69) is 37.5 Å². The van der Waals surface area contributed by atoms with Gasteiger partial charge in [-0.3, -0.25) is 9.80 Å². The number of aliphatic carboxylic acids is 1. The minimum Gasteiger partial charge on any atom is -0.481 e. The molecule has 0 spiro atoms. The number of hydrazine groups is 1. The van der Waals surface area contributed by atoms with Crippen LogP contribution >= 0.6 is 0 Å². The Morgan fingerprint density at radius 2 is 2.13 bits per heavy atom. The Kier molecular flexibility index (Phi) is 7.83. The molecule has 128 valence electrons. The van der Waals surface area contributed by atoms with Crippen LogP contribution in [0.5, 0.6) is 0 Å². The van der Waals surface area contributed by atoms with Crippen molar-refractivity contribution in [2.45, 2.75) is 59.9 Å². The summed E-state index contributed by atoms with van der Waals surface area (Å²) in [4.78, 5) is 11.0. The van der Waals surface area contributed by atoms with E-state index in [1.165, 1.54) is 0 Å². The van der Waals surface area contributed by atoms with Gasteiger partial charge in [0.1, 0.15) is 0 Å². The largest absolute Gasteiger partial charge is 0.481 e. The third-order valence-corrected chi connectivity index (χ3v) is 3.88. The normalized spacial score (nSPS) is 21.0. The molecule has 2 aliphatic heterocycles. The van der Waals surface area contributed by atoms with E-state index in [0.717, 1.165) is 29.7 Å². The molecule has 0 radical (unpaired) electrons. The van der Waals surface area contributed by atoms with Crippen LogP contribution in [0, 0.1) is 5.92 Å². The molecule has 23 heavy (non-hydrogen) atoms. The first-order chi connectivity index (χ1) is 11.1. The van der Waals surface area contributed by atoms with Gasteiger partial charge >= 0.3 is 5.97 Å². The number of nitrogens with one attached hydrogen (secondary N) is 1. The molecular weight excluding hydrogens is 288 g/mol. The molecule has 2 heterocycles. The molecule has 2 N–H and O–H groups in total. The summed E-state index contributed by atoms with van der Waals surface area (Å²) in [5, 5.41) is 11.1. The Labute approximate surface area is 140 Å². The lowest BCUT2D eigenvalue weighted by molar-refractivity contribution is -0.137. The number of nitrogens with zero attached hydrogens (tertiary/aromatic N) is 1. The fourth-order valence-electron chi connectivity index (χ4n) is 2.83. The molecule has 0 bridgehead atoms. The van der Waals surface area contributed by atoms with Crippen molar-refractivity contribution in [2.24, 2.45) is 5.92 Å². The molecule has 0 aromatic heterocycles. The fraction of sp³-hybridized carbons (Fsp3) is 0.526. The Bertz CT molecular complexity index is 529. The summed E-state index contributed by atoms with van der Waals surface area (Å²) in [6, 6.07) is 0.337. The predicted molar refractivity (Wildman–Crippen MR) is 95.5 cm³/mol. The molecular formula is C19H30N2O2. The summed E-state index contributed by atoms with van der Waals surface area (Å²) in [5.41, 5.74) is 6.82. The lowest BCUT2D eigenvalue weighted by atomic mass is 9.87. The van der Waals surface area contributed by atoms with Gasteiger partial charge in [0.25, 0.3) is 0 Å². The van der Waals surface area contributed by atoms with Crippen molar-refractivity contribution in [1.29, 1.82) is 0 Å². The van der Waals surface area contributed by atoms with Gasteiger partial charge in [0.2, 0.25) is 0 Å². The van der Waals surface area contributed by atoms with E-state index >= 15 is 0 Å². The molecule has 0 aromatic rings. The van der Waals surface area contributed by atoms with Crippen LogP contribution in [0.15, 0.2) is 47.3 Å². The van der Waals surface area contributed by atoms with E-state index in [4.69, 9.17) is 5.11 Å². The van der Waals surface area contributed by atoms with E-state index in [1.54, 1.807) is 0 Å². The van der Waals surface area contributed by atoms with Gasteiger partial charge < -0.3 is 5.11 Å². The molecule has 2 rings (SSSR count). The van der Waals surface area contributed by atoms with E-state index in [-0.39, 0.29) is 12.3 Å². The summed E-state index contributed by atoms with van der Waals surface area (Å²) in [7, 11) is 0. The van der Waals surface area contributed by atoms with Crippen molar-refractivity contribution >= 4 is 5.97 Å². The zero-order valence-electron chi connectivity index (χ0n) is 15.0. The zero-order valence-corrected chi connectivity index (χ0v) is 15.0. The highest BCUT2D eigenvalue weighted by atomic mass is 16.4. The molecule has 0 aliphatic carbocycles. The van der Waals surface area contributed by atoms with Gasteiger partial charge in [-0.2, -0.15) is 0 Å². The van der Waals surface area contributed by atoms with E-state index in [9.17, 15) is 4.79 Å². The van der Waals surface area contributed by atoms with Crippen molar-refractivity contribution in [1.82, 2.24) is 10.4 Å². The third kappa shape index (κ3) is 4.83. The number of fused-ring (bicyclic) bond motifs is 1. The topological polar surface area (TPSA) is 52.6 Å². The summed E-state index contributed by atoms with van der Waals surface area (Å²) >= 11 is 0. The van der Waals surface area contributed by atoms with Gasteiger partial charge in [0.15, 0.2) is 0 Å². The van der Waals surface area contributed by atoms with Crippen molar-refractivity contribution in [3.8, 4) is 0 Å². The van der Waals surface area contributed by atoms with Crippen molar-refractivity contribution in [3.63, 3.8) is 0 Å². The minimum atomic E-state index is -0.752. The van der Waals surface area contributed by atoms with Crippen molar-refractivity contribution in [2.75, 3.05) is 0 Å². The maximum absolute atomic E-state index is 11.0. The van der Waals surface area contributed by atoms with E-state index in [1.807, 2.05) is 38.1 Å². The number of hydrogen-bond donors (Lipinski definition) is 2. The summed E-state index contributed by atoms with van der Waals surface area (Å²) in [5.74, 6) is -0.748. The summed E-state index contributed by atoms with van der Waals surface area (Å²) in [6.07, 6.45) is 12.6. The molecule has 4 heteroatoms. The molecule has 2 aliphatic rings. The second-order valence-corrected chi connectivity index (χ2v) is 5.55. The number of carboxylic acids is 1. The smallest absolute Gasteiger partial charge is 0.303 e. The SMILES string of the molecule is CC.CC/C=C(/C1=CC=CN2NC(CC)C=C12)C(C)CC(=O)O. The second-order valence-electron chi connectivity index (χ2n) is 5.55. The fourth-order valence-corrected chi connectivity index (χ4v) is 2.83. The van der Waals surface area contributed by atoms with Crippen LogP contribution in [0.3, 0.4) is 0 Å². The monoisotopic (exact) mass is 318 g/mol. The van der Waals surface area contributed by atoms with Crippen molar-refractivity contribution < 1.29 is 9.90 Å². The molecule has 0 saturated carbocycles. The molecule has 2 atom stereocenters. The Morgan fingerprint density at radius 1 is 1.43 bits per heavy atom. The minimum absolute atomic E-state index is 0.00336. The van der Waals surface area contributed by atoms with Gasteiger partial charge in [0.05, 0.1) is 12.1 Å². The Balaban J connectivity index is 0.00000127. The average molecular weight is 318 g/mol. The molecule has 2 unspecified atom stereocenters. The van der Waals surface area contributed by atoms with Crippen LogP contribution in [0.25, 0.3) is 0 Å². The first kappa shape index (κ1) is 19.2. The Morgan fingerprint density at radius 3 is 2.70 bits per heavy atom. The highest BCUT2D eigenvalue weighted by Gasteiger charge is 2.28. The van der Waals surface area contributed by atoms with Gasteiger partial charge in [0, 0.05) is 17.8 Å². The van der Waals surface area contributed by atoms with Crippen molar-refractivity contribution in [3.05, 3.63) is 47.3 Å². The van der Waals surface area contributed by atoms with Gasteiger partial charge in [-0.1, -0.05) is 46.8 Å². The van der Waals surface area contributed by atoms with Gasteiger partial charge in [-0.25, -0.2) is 5.43 Å². The van der Waals surface area contributed by atoms with Gasteiger partial charge in [-0.15, -0.1) is 0 Å². The number of carbonyl (C=O) groups is 1. The molecule has 0 aromatic carbocycles. The van der Waals surface area contributed by atoms with Crippen LogP contribution in [-0.2, 0) is 4.79 Å². The second kappa shape index (κ2) is 9.36. The summed E-state index contributed by atoms with van der Waals surface area (Å²) < 4.78 is 0. The Hall–Kier alpha value is -1.81. The molecule has 4 nitrogen and oxygen atoms in total. The number of hydrogen-bond acceptors (Lipinski definition) is 3. The molecule has 0 saturated heterocycles. The van der Waals surface area contributed by atoms with Crippen LogP contribution in [-0.4, -0.2) is 22.1 Å². The highest BCUT2D eigenvalue weighted by Crippen LogP contribution is 2.34. The van der Waals surface area contributed by atoms with E-state index < -0.39 is 5.97 Å². The van der Waals surface area contributed by atoms with Gasteiger partial charge in [-0.05, 0) is 36.5 Å². The zero-order chi connectivity index (χ0) is 17.4.